The SMILES string of the molecule is Cc1nc([C@H](C)N(C)C(=O)Nc2ccc(C#N)cc2F)c(C)s1. The summed E-state index contributed by atoms with van der Waals surface area (Å²) >= 11 is 1.58. The minimum Gasteiger partial charge on any atom is -0.319 e. The number of halogens is 1. The zero-order valence-corrected chi connectivity index (χ0v) is 14.2. The molecule has 2 aromatic rings. The van der Waals surface area contributed by atoms with Crippen LogP contribution in [0.2, 0.25) is 0 Å². The number of nitriles is 1. The van der Waals surface area contributed by atoms with E-state index < -0.39 is 11.8 Å². The van der Waals surface area contributed by atoms with Gasteiger partial charge in [-0.2, -0.15) is 5.26 Å². The summed E-state index contributed by atoms with van der Waals surface area (Å²) in [5.41, 5.74) is 1.08. The van der Waals surface area contributed by atoms with Crippen molar-refractivity contribution in [2.24, 2.45) is 0 Å². The topological polar surface area (TPSA) is 69.0 Å². The van der Waals surface area contributed by atoms with Gasteiger partial charge in [-0.1, -0.05) is 0 Å². The molecular weight excluding hydrogens is 315 g/mol. The van der Waals surface area contributed by atoms with Gasteiger partial charge in [0.1, 0.15) is 5.82 Å². The lowest BCUT2D eigenvalue weighted by molar-refractivity contribution is 0.207. The summed E-state index contributed by atoms with van der Waals surface area (Å²) in [5.74, 6) is -0.640. The molecule has 0 radical (unpaired) electrons. The number of thiazole rings is 1. The van der Waals surface area contributed by atoms with Gasteiger partial charge in [0.25, 0.3) is 0 Å². The summed E-state index contributed by atoms with van der Waals surface area (Å²) in [6.45, 7) is 5.75. The van der Waals surface area contributed by atoms with Crippen LogP contribution in [0.15, 0.2) is 18.2 Å². The smallest absolute Gasteiger partial charge is 0.319 e. The van der Waals surface area contributed by atoms with E-state index in [0.717, 1.165) is 21.6 Å². The molecule has 0 saturated carbocycles. The van der Waals surface area contributed by atoms with Crippen molar-refractivity contribution < 1.29 is 9.18 Å². The first-order valence-corrected chi connectivity index (χ1v) is 7.82. The largest absolute Gasteiger partial charge is 0.322 e. The van der Waals surface area contributed by atoms with Crippen LogP contribution in [0, 0.1) is 31.0 Å². The molecule has 1 N–H and O–H groups in total. The van der Waals surface area contributed by atoms with Crippen molar-refractivity contribution in [3.05, 3.63) is 45.2 Å². The third-order valence-corrected chi connectivity index (χ3v) is 4.48. The highest BCUT2D eigenvalue weighted by Gasteiger charge is 2.22. The van der Waals surface area contributed by atoms with Gasteiger partial charge >= 0.3 is 6.03 Å². The lowest BCUT2D eigenvalue weighted by Gasteiger charge is -2.24. The summed E-state index contributed by atoms with van der Waals surface area (Å²) < 4.78 is 13.9. The molecule has 7 heteroatoms. The van der Waals surface area contributed by atoms with E-state index in [-0.39, 0.29) is 17.3 Å². The predicted octanol–water partition coefficient (Wildman–Crippen LogP) is 4.00. The maximum Gasteiger partial charge on any atom is 0.322 e. The number of hydrogen-bond acceptors (Lipinski definition) is 4. The summed E-state index contributed by atoms with van der Waals surface area (Å²) in [6, 6.07) is 5.10. The average molecular weight is 332 g/mol. The fourth-order valence-electron chi connectivity index (χ4n) is 2.18. The van der Waals surface area contributed by atoms with Gasteiger partial charge in [0, 0.05) is 11.9 Å². The third-order valence-electron chi connectivity index (χ3n) is 3.58. The molecule has 0 aliphatic carbocycles. The van der Waals surface area contributed by atoms with Crippen molar-refractivity contribution in [1.82, 2.24) is 9.88 Å². The Hall–Kier alpha value is -2.46. The fraction of sp³-hybridized carbons (Fsp3) is 0.312. The Labute approximate surface area is 138 Å². The monoisotopic (exact) mass is 332 g/mol. The van der Waals surface area contributed by atoms with E-state index in [1.165, 1.54) is 17.0 Å². The Morgan fingerprint density at radius 3 is 2.70 bits per heavy atom. The second-order valence-electron chi connectivity index (χ2n) is 5.20. The number of nitrogens with zero attached hydrogens (tertiary/aromatic N) is 3. The predicted molar refractivity (Wildman–Crippen MR) is 87.9 cm³/mol. The van der Waals surface area contributed by atoms with Crippen LogP contribution in [0.5, 0.6) is 0 Å². The number of amides is 2. The fourth-order valence-corrected chi connectivity index (χ4v) is 3.09. The first kappa shape index (κ1) is 16.9. The molecule has 0 bridgehead atoms. The molecule has 23 heavy (non-hydrogen) atoms. The van der Waals surface area contributed by atoms with Gasteiger partial charge in [-0.25, -0.2) is 14.2 Å². The number of benzene rings is 1. The molecular formula is C16H17FN4OS. The van der Waals surface area contributed by atoms with Crippen molar-refractivity contribution >= 4 is 23.1 Å². The number of urea groups is 1. The second-order valence-corrected chi connectivity index (χ2v) is 6.61. The Morgan fingerprint density at radius 2 is 2.17 bits per heavy atom. The molecule has 0 aliphatic rings. The summed E-state index contributed by atoms with van der Waals surface area (Å²) in [7, 11) is 1.63. The highest BCUT2D eigenvalue weighted by atomic mass is 32.1. The van der Waals surface area contributed by atoms with Crippen LogP contribution in [0.3, 0.4) is 0 Å². The lowest BCUT2D eigenvalue weighted by atomic mass is 10.2. The third kappa shape index (κ3) is 3.66. The Bertz CT molecular complexity index is 781. The maximum absolute atomic E-state index is 13.9. The molecule has 1 aromatic heterocycles. The number of anilines is 1. The van der Waals surface area contributed by atoms with E-state index in [0.29, 0.717) is 0 Å². The van der Waals surface area contributed by atoms with Crippen molar-refractivity contribution in [2.45, 2.75) is 26.8 Å². The summed E-state index contributed by atoms with van der Waals surface area (Å²) in [4.78, 5) is 19.3. The first-order chi connectivity index (χ1) is 10.8. The molecule has 0 aliphatic heterocycles. The average Bonchev–Trinajstić information content (AvgIpc) is 2.86. The van der Waals surface area contributed by atoms with Crippen LogP contribution in [-0.4, -0.2) is 23.0 Å². The molecule has 0 spiro atoms. The van der Waals surface area contributed by atoms with Crippen LogP contribution >= 0.6 is 11.3 Å². The molecule has 2 amide bonds. The molecule has 2 rings (SSSR count). The van der Waals surface area contributed by atoms with Crippen LogP contribution in [0.1, 0.15) is 34.1 Å². The number of nitrogens with one attached hydrogen (secondary N) is 1. The number of rotatable bonds is 3. The van der Waals surface area contributed by atoms with Crippen LogP contribution < -0.4 is 5.32 Å². The molecule has 1 aromatic carbocycles. The Kier molecular flexibility index (Phi) is 4.96. The van der Waals surface area contributed by atoms with Crippen molar-refractivity contribution in [3.63, 3.8) is 0 Å². The standard InChI is InChI=1S/C16H17FN4OS/c1-9(15-10(2)23-11(3)19-15)21(4)16(22)20-14-6-5-12(8-18)7-13(14)17/h5-7,9H,1-4H3,(H,20,22)/t9-/m0/s1. The van der Waals surface area contributed by atoms with E-state index in [1.54, 1.807) is 18.4 Å². The number of aromatic nitrogens is 1. The van der Waals surface area contributed by atoms with Crippen LogP contribution in [0.25, 0.3) is 0 Å². The minimum atomic E-state index is -0.640. The molecule has 5 nitrogen and oxygen atoms in total. The quantitative estimate of drug-likeness (QED) is 0.924. The zero-order valence-electron chi connectivity index (χ0n) is 13.3. The van der Waals surface area contributed by atoms with Gasteiger partial charge in [0.2, 0.25) is 0 Å². The van der Waals surface area contributed by atoms with Gasteiger partial charge in [-0.05, 0) is 39.0 Å². The molecule has 0 unspecified atom stereocenters. The molecule has 0 saturated heterocycles. The normalized spacial score (nSPS) is 11.7. The number of hydrogen-bond donors (Lipinski definition) is 1. The lowest BCUT2D eigenvalue weighted by Crippen LogP contribution is -2.34. The molecule has 0 fully saturated rings. The molecule has 1 heterocycles. The van der Waals surface area contributed by atoms with E-state index in [2.05, 4.69) is 10.3 Å². The highest BCUT2D eigenvalue weighted by molar-refractivity contribution is 7.11. The van der Waals surface area contributed by atoms with Crippen LogP contribution in [0.4, 0.5) is 14.9 Å². The second kappa shape index (κ2) is 6.75. The van der Waals surface area contributed by atoms with Gasteiger partial charge in [-0.15, -0.1) is 11.3 Å². The van der Waals surface area contributed by atoms with E-state index in [9.17, 15) is 9.18 Å². The number of aryl methyl sites for hydroxylation is 2. The van der Waals surface area contributed by atoms with Gasteiger partial charge in [-0.3, -0.25) is 0 Å². The van der Waals surface area contributed by atoms with E-state index in [4.69, 9.17) is 5.26 Å². The summed E-state index contributed by atoms with van der Waals surface area (Å²) in [6.07, 6.45) is 0. The number of carbonyl (C=O) groups is 1. The molecule has 1 atom stereocenters. The maximum atomic E-state index is 13.9. The molecule has 120 valence electrons. The minimum absolute atomic E-state index is 0.0410. The van der Waals surface area contributed by atoms with Gasteiger partial charge in [0.05, 0.1) is 34.1 Å². The van der Waals surface area contributed by atoms with Crippen molar-refractivity contribution in [1.29, 1.82) is 5.26 Å². The Morgan fingerprint density at radius 1 is 1.48 bits per heavy atom. The van der Waals surface area contributed by atoms with Gasteiger partial charge < -0.3 is 10.2 Å². The zero-order chi connectivity index (χ0) is 17.1. The highest BCUT2D eigenvalue weighted by Crippen LogP contribution is 2.26. The van der Waals surface area contributed by atoms with E-state index >= 15 is 0 Å². The number of carbonyl (C=O) groups excluding carboxylic acids is 1. The first-order valence-electron chi connectivity index (χ1n) is 7.01. The Balaban J connectivity index is 2.14. The summed E-state index contributed by atoms with van der Waals surface area (Å²) in [5, 5.41) is 12.2. The van der Waals surface area contributed by atoms with Crippen molar-refractivity contribution in [3.8, 4) is 6.07 Å². The van der Waals surface area contributed by atoms with Crippen molar-refractivity contribution in [2.75, 3.05) is 12.4 Å². The van der Waals surface area contributed by atoms with Gasteiger partial charge in [0.15, 0.2) is 0 Å². The van der Waals surface area contributed by atoms with E-state index in [1.807, 2.05) is 26.8 Å². The van der Waals surface area contributed by atoms with Crippen LogP contribution in [-0.2, 0) is 0 Å².